The monoisotopic (exact) mass is 438 g/mol. The Kier molecular flexibility index (Phi) is 14.3. The molecule has 0 bridgehead atoms. The van der Waals surface area contributed by atoms with Gasteiger partial charge in [0.1, 0.15) is 0 Å². The summed E-state index contributed by atoms with van der Waals surface area (Å²) in [4.78, 5) is -0.178. The van der Waals surface area contributed by atoms with Crippen molar-refractivity contribution < 1.29 is 13.0 Å². The third-order valence-electron chi connectivity index (χ3n) is 5.32. The Morgan fingerprint density at radius 2 is 1.40 bits per heavy atom. The van der Waals surface area contributed by atoms with Gasteiger partial charge in [0.2, 0.25) is 0 Å². The van der Waals surface area contributed by atoms with Gasteiger partial charge < -0.3 is 11.1 Å². The molecule has 1 aromatic rings. The van der Waals surface area contributed by atoms with Crippen molar-refractivity contribution in [1.29, 1.82) is 0 Å². The van der Waals surface area contributed by atoms with Crippen molar-refractivity contribution in [2.45, 2.75) is 102 Å². The first-order valence-electron chi connectivity index (χ1n) is 11.7. The van der Waals surface area contributed by atoms with Crippen LogP contribution in [-0.2, 0) is 10.1 Å². The van der Waals surface area contributed by atoms with E-state index in [9.17, 15) is 8.42 Å². The number of nitrogen functional groups attached to an aromatic ring is 1. The van der Waals surface area contributed by atoms with Gasteiger partial charge in [0, 0.05) is 6.54 Å². The standard InChI is InChI=1S/C24H42N2O3S/c1-2-3-4-5-6-7-8-9-10-11-12-13-14-15-16-17-20-26-24-19-18-22(21-23(24)25)30(27,28)29/h9-10,18-19,21,26H,2-8,11-17,20,25H2,1H3,(H,27,28,29). The summed E-state index contributed by atoms with van der Waals surface area (Å²) in [5, 5.41) is 3.23. The molecule has 1 rings (SSSR count). The van der Waals surface area contributed by atoms with E-state index in [1.54, 1.807) is 6.07 Å². The minimum atomic E-state index is -4.21. The maximum absolute atomic E-state index is 11.1. The third kappa shape index (κ3) is 12.9. The summed E-state index contributed by atoms with van der Waals surface area (Å²) in [5.41, 5.74) is 6.88. The van der Waals surface area contributed by atoms with Crippen LogP contribution in [0.25, 0.3) is 0 Å². The highest BCUT2D eigenvalue weighted by Crippen LogP contribution is 2.22. The van der Waals surface area contributed by atoms with Crippen LogP contribution in [0, 0.1) is 0 Å². The predicted molar refractivity (Wildman–Crippen MR) is 129 cm³/mol. The lowest BCUT2D eigenvalue weighted by Crippen LogP contribution is -2.06. The van der Waals surface area contributed by atoms with Crippen molar-refractivity contribution in [3.8, 4) is 0 Å². The van der Waals surface area contributed by atoms with Crippen LogP contribution < -0.4 is 11.1 Å². The van der Waals surface area contributed by atoms with E-state index in [0.29, 0.717) is 11.4 Å². The van der Waals surface area contributed by atoms with Crippen molar-refractivity contribution in [2.75, 3.05) is 17.6 Å². The first kappa shape index (κ1) is 26.5. The molecular formula is C24H42N2O3S. The van der Waals surface area contributed by atoms with E-state index in [1.165, 1.54) is 95.6 Å². The zero-order valence-corrected chi connectivity index (χ0v) is 19.6. The minimum absolute atomic E-state index is 0.178. The number of unbranched alkanes of at least 4 members (excludes halogenated alkanes) is 12. The van der Waals surface area contributed by atoms with Crippen LogP contribution in [0.3, 0.4) is 0 Å². The molecule has 0 amide bonds. The number of hydrogen-bond donors (Lipinski definition) is 3. The van der Waals surface area contributed by atoms with Gasteiger partial charge in [-0.25, -0.2) is 0 Å². The molecule has 0 atom stereocenters. The van der Waals surface area contributed by atoms with Gasteiger partial charge in [-0.15, -0.1) is 0 Å². The molecule has 0 saturated heterocycles. The summed E-state index contributed by atoms with van der Waals surface area (Å²) in [6.07, 6.45) is 22.7. The van der Waals surface area contributed by atoms with Gasteiger partial charge in [0.25, 0.3) is 10.1 Å². The lowest BCUT2D eigenvalue weighted by Gasteiger charge is -2.10. The summed E-state index contributed by atoms with van der Waals surface area (Å²) in [5.74, 6) is 0. The first-order valence-corrected chi connectivity index (χ1v) is 13.1. The molecule has 172 valence electrons. The average molecular weight is 439 g/mol. The van der Waals surface area contributed by atoms with Gasteiger partial charge in [-0.3, -0.25) is 4.55 Å². The molecule has 0 spiro atoms. The van der Waals surface area contributed by atoms with Crippen molar-refractivity contribution in [1.82, 2.24) is 0 Å². The number of hydrogen-bond acceptors (Lipinski definition) is 4. The van der Waals surface area contributed by atoms with Gasteiger partial charge in [-0.1, -0.05) is 76.9 Å². The highest BCUT2D eigenvalue weighted by atomic mass is 32.2. The Morgan fingerprint density at radius 3 is 1.93 bits per heavy atom. The van der Waals surface area contributed by atoms with Crippen LogP contribution >= 0.6 is 0 Å². The third-order valence-corrected chi connectivity index (χ3v) is 6.17. The predicted octanol–water partition coefficient (Wildman–Crippen LogP) is 6.96. The molecule has 1 aromatic carbocycles. The van der Waals surface area contributed by atoms with Gasteiger partial charge in [-0.05, 0) is 50.3 Å². The SMILES string of the molecule is CCCCCCCCC=CCCCCCCCCNc1ccc(S(=O)(=O)O)cc1N. The Balaban J connectivity index is 1.95. The molecule has 0 aliphatic carbocycles. The number of allylic oxidation sites excluding steroid dienone is 2. The molecule has 0 saturated carbocycles. The first-order chi connectivity index (χ1) is 14.4. The minimum Gasteiger partial charge on any atom is -0.397 e. The van der Waals surface area contributed by atoms with Gasteiger partial charge in [-0.2, -0.15) is 8.42 Å². The summed E-state index contributed by atoms with van der Waals surface area (Å²) in [6.45, 7) is 3.06. The topological polar surface area (TPSA) is 92.4 Å². The van der Waals surface area contributed by atoms with Crippen LogP contribution in [0.15, 0.2) is 35.2 Å². The van der Waals surface area contributed by atoms with Gasteiger partial charge >= 0.3 is 0 Å². The average Bonchev–Trinajstić information content (AvgIpc) is 2.70. The molecule has 5 nitrogen and oxygen atoms in total. The largest absolute Gasteiger partial charge is 0.397 e. The maximum Gasteiger partial charge on any atom is 0.294 e. The molecular weight excluding hydrogens is 396 g/mol. The molecule has 0 unspecified atom stereocenters. The Morgan fingerprint density at radius 1 is 0.867 bits per heavy atom. The lowest BCUT2D eigenvalue weighted by atomic mass is 10.1. The van der Waals surface area contributed by atoms with Crippen LogP contribution in [-0.4, -0.2) is 19.5 Å². The Hall–Kier alpha value is -1.53. The highest BCUT2D eigenvalue weighted by Gasteiger charge is 2.11. The van der Waals surface area contributed by atoms with Gasteiger partial charge in [0.15, 0.2) is 0 Å². The van der Waals surface area contributed by atoms with Crippen LogP contribution in [0.4, 0.5) is 11.4 Å². The number of rotatable bonds is 18. The van der Waals surface area contributed by atoms with E-state index in [0.717, 1.165) is 13.0 Å². The van der Waals surface area contributed by atoms with E-state index in [-0.39, 0.29) is 4.90 Å². The molecule has 6 heteroatoms. The van der Waals surface area contributed by atoms with E-state index < -0.39 is 10.1 Å². The Labute approximate surface area is 184 Å². The second-order valence-electron chi connectivity index (χ2n) is 8.09. The van der Waals surface area contributed by atoms with Crippen LogP contribution in [0.1, 0.15) is 96.8 Å². The fourth-order valence-electron chi connectivity index (χ4n) is 3.46. The summed E-state index contributed by atoms with van der Waals surface area (Å²) in [6, 6.07) is 4.23. The van der Waals surface area contributed by atoms with E-state index >= 15 is 0 Å². The van der Waals surface area contributed by atoms with Crippen molar-refractivity contribution >= 4 is 21.5 Å². The molecule has 0 aliphatic heterocycles. The summed E-state index contributed by atoms with van der Waals surface area (Å²) < 4.78 is 31.2. The number of nitrogens with one attached hydrogen (secondary N) is 1. The molecule has 0 aliphatic rings. The lowest BCUT2D eigenvalue weighted by molar-refractivity contribution is 0.483. The molecule has 0 radical (unpaired) electrons. The summed E-state index contributed by atoms with van der Waals surface area (Å²) in [7, 11) is -4.21. The fraction of sp³-hybridized carbons (Fsp3) is 0.667. The normalized spacial score (nSPS) is 11.9. The second kappa shape index (κ2) is 16.2. The van der Waals surface area contributed by atoms with Crippen LogP contribution in [0.2, 0.25) is 0 Å². The van der Waals surface area contributed by atoms with Crippen molar-refractivity contribution in [3.05, 3.63) is 30.4 Å². The molecule has 0 heterocycles. The second-order valence-corrected chi connectivity index (χ2v) is 9.51. The molecule has 4 N–H and O–H groups in total. The quantitative estimate of drug-likeness (QED) is 0.0996. The number of benzene rings is 1. The Bertz CT molecular complexity index is 702. The zero-order chi connectivity index (χ0) is 22.1. The zero-order valence-electron chi connectivity index (χ0n) is 18.7. The van der Waals surface area contributed by atoms with Gasteiger partial charge in [0.05, 0.1) is 16.3 Å². The molecule has 30 heavy (non-hydrogen) atoms. The number of nitrogens with two attached hydrogens (primary N) is 1. The highest BCUT2D eigenvalue weighted by molar-refractivity contribution is 7.85. The number of anilines is 2. The van der Waals surface area contributed by atoms with E-state index in [2.05, 4.69) is 24.4 Å². The van der Waals surface area contributed by atoms with E-state index in [1.807, 2.05) is 0 Å². The summed E-state index contributed by atoms with van der Waals surface area (Å²) >= 11 is 0. The van der Waals surface area contributed by atoms with Crippen LogP contribution in [0.5, 0.6) is 0 Å². The van der Waals surface area contributed by atoms with Crippen molar-refractivity contribution in [3.63, 3.8) is 0 Å². The fourth-order valence-corrected chi connectivity index (χ4v) is 3.97. The molecule has 0 aromatic heterocycles. The maximum atomic E-state index is 11.1. The van der Waals surface area contributed by atoms with Crippen molar-refractivity contribution in [2.24, 2.45) is 0 Å². The molecule has 0 fully saturated rings. The smallest absolute Gasteiger partial charge is 0.294 e. The van der Waals surface area contributed by atoms with E-state index in [4.69, 9.17) is 10.3 Å².